The Kier molecular flexibility index (Phi) is 5.21. The van der Waals surface area contributed by atoms with E-state index in [2.05, 4.69) is 25.5 Å². The number of nitrogens with zero attached hydrogens (tertiary/aromatic N) is 4. The van der Waals surface area contributed by atoms with Gasteiger partial charge in [0.05, 0.1) is 24.4 Å². The van der Waals surface area contributed by atoms with Crippen LogP contribution in [0.5, 0.6) is 0 Å². The number of esters is 1. The second-order valence-electron chi connectivity index (χ2n) is 7.01. The summed E-state index contributed by atoms with van der Waals surface area (Å²) in [6, 6.07) is 5.96. The van der Waals surface area contributed by atoms with E-state index < -0.39 is 12.0 Å². The Morgan fingerprint density at radius 2 is 2.10 bits per heavy atom. The molecular weight excluding hydrogens is 388 g/mol. The standard InChI is InChI=1S/C20H22N6O4/c1-3-21-18(27)14-4-5-15-17(23-14)26(13-7-9-25(15)11-13)20(29)24-16-10-12(6-8-22-16)19(28)30-2/h4-6,8,10,13H,3,7,9,11H2,1-2H3,(H,21,27)(H,22,24,29). The minimum absolute atomic E-state index is 0.0710. The lowest BCUT2D eigenvalue weighted by Crippen LogP contribution is -2.48. The largest absolute Gasteiger partial charge is 0.465 e. The van der Waals surface area contributed by atoms with Gasteiger partial charge in [0.25, 0.3) is 5.91 Å². The first-order valence-corrected chi connectivity index (χ1v) is 9.70. The number of methoxy groups -OCH3 is 1. The van der Waals surface area contributed by atoms with Gasteiger partial charge in [0, 0.05) is 25.8 Å². The van der Waals surface area contributed by atoms with Crippen LogP contribution in [0.25, 0.3) is 0 Å². The number of anilines is 3. The van der Waals surface area contributed by atoms with E-state index in [1.807, 2.05) is 13.0 Å². The molecule has 0 saturated carbocycles. The number of pyridine rings is 2. The fourth-order valence-electron chi connectivity index (χ4n) is 3.76. The van der Waals surface area contributed by atoms with Gasteiger partial charge in [-0.2, -0.15) is 0 Å². The van der Waals surface area contributed by atoms with Crippen molar-refractivity contribution in [1.29, 1.82) is 0 Å². The van der Waals surface area contributed by atoms with Crippen LogP contribution in [0.4, 0.5) is 22.1 Å². The molecule has 3 amide bonds. The molecule has 156 valence electrons. The number of aromatic nitrogens is 2. The summed E-state index contributed by atoms with van der Waals surface area (Å²) in [7, 11) is 1.29. The minimum atomic E-state index is -0.518. The number of hydrogen-bond donors (Lipinski definition) is 2. The zero-order chi connectivity index (χ0) is 21.3. The van der Waals surface area contributed by atoms with Crippen LogP contribution in [-0.2, 0) is 4.74 Å². The highest BCUT2D eigenvalue weighted by molar-refractivity contribution is 6.05. The second-order valence-corrected chi connectivity index (χ2v) is 7.01. The van der Waals surface area contributed by atoms with E-state index in [0.29, 0.717) is 18.9 Å². The number of nitrogens with one attached hydrogen (secondary N) is 2. The monoisotopic (exact) mass is 410 g/mol. The summed E-state index contributed by atoms with van der Waals surface area (Å²) in [5.41, 5.74) is 1.34. The zero-order valence-electron chi connectivity index (χ0n) is 16.7. The van der Waals surface area contributed by atoms with Crippen LogP contribution in [-0.4, -0.2) is 60.7 Å². The number of carbonyl (C=O) groups is 3. The van der Waals surface area contributed by atoms with Gasteiger partial charge in [0.2, 0.25) is 0 Å². The highest BCUT2D eigenvalue weighted by Gasteiger charge is 2.40. The predicted octanol–water partition coefficient (Wildman–Crippen LogP) is 1.64. The molecule has 0 spiro atoms. The Labute approximate surface area is 173 Å². The van der Waals surface area contributed by atoms with Crippen molar-refractivity contribution < 1.29 is 19.1 Å². The molecule has 2 N–H and O–H groups in total. The maximum atomic E-state index is 13.2. The molecule has 1 unspecified atom stereocenters. The number of rotatable bonds is 4. The number of carbonyl (C=O) groups excluding carboxylic acids is 3. The third kappa shape index (κ3) is 3.51. The van der Waals surface area contributed by atoms with E-state index in [9.17, 15) is 14.4 Å². The van der Waals surface area contributed by atoms with Gasteiger partial charge in [0.15, 0.2) is 5.82 Å². The number of hydrogen-bond acceptors (Lipinski definition) is 7. The van der Waals surface area contributed by atoms with Crippen molar-refractivity contribution in [2.75, 3.05) is 41.9 Å². The van der Waals surface area contributed by atoms with Crippen LogP contribution >= 0.6 is 0 Å². The molecule has 4 rings (SSSR count). The quantitative estimate of drug-likeness (QED) is 0.736. The number of ether oxygens (including phenoxy) is 1. The molecule has 0 aromatic carbocycles. The Morgan fingerprint density at radius 3 is 2.87 bits per heavy atom. The van der Waals surface area contributed by atoms with Crippen LogP contribution < -0.4 is 20.4 Å². The van der Waals surface area contributed by atoms with Crippen molar-refractivity contribution in [3.8, 4) is 0 Å². The van der Waals surface area contributed by atoms with Crippen LogP contribution in [0.1, 0.15) is 34.2 Å². The van der Waals surface area contributed by atoms with Gasteiger partial charge >= 0.3 is 12.0 Å². The van der Waals surface area contributed by atoms with Gasteiger partial charge in [-0.15, -0.1) is 0 Å². The molecule has 2 aliphatic rings. The average Bonchev–Trinajstić information content (AvgIpc) is 3.17. The molecule has 2 aromatic heterocycles. The minimum Gasteiger partial charge on any atom is -0.465 e. The first kappa shape index (κ1) is 19.6. The Balaban J connectivity index is 1.64. The number of fused-ring (bicyclic) bond motifs is 4. The fourth-order valence-corrected chi connectivity index (χ4v) is 3.76. The van der Waals surface area contributed by atoms with E-state index in [1.165, 1.54) is 25.4 Å². The molecule has 10 heteroatoms. The summed E-state index contributed by atoms with van der Waals surface area (Å²) in [6.45, 7) is 3.81. The van der Waals surface area contributed by atoms with Gasteiger partial charge in [-0.1, -0.05) is 0 Å². The summed E-state index contributed by atoms with van der Waals surface area (Å²) >= 11 is 0. The maximum absolute atomic E-state index is 13.2. The molecule has 2 bridgehead atoms. The number of urea groups is 1. The first-order chi connectivity index (χ1) is 14.5. The summed E-state index contributed by atoms with van der Waals surface area (Å²) in [5.74, 6) is -0.143. The van der Waals surface area contributed by atoms with E-state index in [1.54, 1.807) is 11.0 Å². The van der Waals surface area contributed by atoms with E-state index in [4.69, 9.17) is 4.74 Å². The fraction of sp³-hybridized carbons (Fsp3) is 0.350. The predicted molar refractivity (Wildman–Crippen MR) is 110 cm³/mol. The molecule has 1 saturated heterocycles. The average molecular weight is 410 g/mol. The molecule has 1 atom stereocenters. The zero-order valence-corrected chi connectivity index (χ0v) is 16.7. The SMILES string of the molecule is CCNC(=O)c1ccc2c(n1)N(C(=O)Nc1cc(C(=O)OC)ccn1)C1CCN2C1. The molecule has 2 aliphatic heterocycles. The van der Waals surface area contributed by atoms with E-state index in [-0.39, 0.29) is 29.0 Å². The van der Waals surface area contributed by atoms with Crippen LogP contribution in [0.3, 0.4) is 0 Å². The highest BCUT2D eigenvalue weighted by Crippen LogP contribution is 2.39. The highest BCUT2D eigenvalue weighted by atomic mass is 16.5. The molecule has 4 heterocycles. The molecule has 10 nitrogen and oxygen atoms in total. The number of amides is 3. The Morgan fingerprint density at radius 1 is 1.27 bits per heavy atom. The van der Waals surface area contributed by atoms with Crippen molar-refractivity contribution >= 4 is 35.2 Å². The summed E-state index contributed by atoms with van der Waals surface area (Å²) in [4.78, 5) is 49.5. The smallest absolute Gasteiger partial charge is 0.338 e. The molecule has 2 aromatic rings. The van der Waals surface area contributed by atoms with Crippen LogP contribution in [0.15, 0.2) is 30.5 Å². The Hall–Kier alpha value is -3.69. The second kappa shape index (κ2) is 7.97. The molecule has 0 aliphatic carbocycles. The lowest BCUT2D eigenvalue weighted by atomic mass is 10.1. The van der Waals surface area contributed by atoms with Gasteiger partial charge in [-0.05, 0) is 37.6 Å². The normalized spacial score (nSPS) is 16.7. The van der Waals surface area contributed by atoms with Crippen LogP contribution in [0, 0.1) is 0 Å². The third-order valence-corrected chi connectivity index (χ3v) is 5.16. The van der Waals surface area contributed by atoms with E-state index in [0.717, 1.165) is 18.7 Å². The van der Waals surface area contributed by atoms with Gasteiger partial charge < -0.3 is 15.0 Å². The molecule has 1 fully saturated rings. The molecular formula is C20H22N6O4. The molecule has 30 heavy (non-hydrogen) atoms. The lowest BCUT2D eigenvalue weighted by molar-refractivity contribution is 0.0600. The topological polar surface area (TPSA) is 117 Å². The maximum Gasteiger partial charge on any atom is 0.338 e. The third-order valence-electron chi connectivity index (χ3n) is 5.16. The Bertz CT molecular complexity index is 1010. The van der Waals surface area contributed by atoms with E-state index >= 15 is 0 Å². The molecule has 0 radical (unpaired) electrons. The van der Waals surface area contributed by atoms with Crippen molar-refractivity contribution in [2.45, 2.75) is 19.4 Å². The lowest BCUT2D eigenvalue weighted by Gasteiger charge is -2.35. The summed E-state index contributed by atoms with van der Waals surface area (Å²) in [6.07, 6.45) is 2.21. The van der Waals surface area contributed by atoms with Crippen molar-refractivity contribution in [3.63, 3.8) is 0 Å². The van der Waals surface area contributed by atoms with Crippen molar-refractivity contribution in [3.05, 3.63) is 41.7 Å². The first-order valence-electron chi connectivity index (χ1n) is 9.70. The van der Waals surface area contributed by atoms with Gasteiger partial charge in [-0.3, -0.25) is 15.0 Å². The summed E-state index contributed by atoms with van der Waals surface area (Å²) < 4.78 is 4.71. The van der Waals surface area contributed by atoms with Crippen LogP contribution in [0.2, 0.25) is 0 Å². The van der Waals surface area contributed by atoms with Gasteiger partial charge in [0.1, 0.15) is 11.5 Å². The van der Waals surface area contributed by atoms with Crippen molar-refractivity contribution in [2.24, 2.45) is 0 Å². The summed E-state index contributed by atoms with van der Waals surface area (Å²) in [5, 5.41) is 5.46. The van der Waals surface area contributed by atoms with Crippen molar-refractivity contribution in [1.82, 2.24) is 15.3 Å². The van der Waals surface area contributed by atoms with Gasteiger partial charge in [-0.25, -0.2) is 19.6 Å².